The number of carbonyl (C=O) groups is 2. The predicted molar refractivity (Wildman–Crippen MR) is 128 cm³/mol. The second-order valence-electron chi connectivity index (χ2n) is 9.04. The van der Waals surface area contributed by atoms with Crippen molar-refractivity contribution in [3.05, 3.63) is 60.2 Å². The number of rotatable bonds is 6. The van der Waals surface area contributed by atoms with Crippen LogP contribution in [0, 0.1) is 23.5 Å². The number of likely N-dealkylation sites (tertiary alicyclic amines) is 1. The number of halogens is 2. The minimum absolute atomic E-state index is 0.0988. The maximum absolute atomic E-state index is 14.0. The first-order valence-corrected chi connectivity index (χ1v) is 11.8. The SMILES string of the molecule is O=C(NCC1CCCN(C(=O)NCC2CCN(c3ccccc3F)C2)C1)Nc1cccc(F)c1. The lowest BCUT2D eigenvalue weighted by molar-refractivity contribution is 0.164. The van der Waals surface area contributed by atoms with Gasteiger partial charge in [0.15, 0.2) is 0 Å². The lowest BCUT2D eigenvalue weighted by Gasteiger charge is -2.33. The fourth-order valence-corrected chi connectivity index (χ4v) is 4.66. The van der Waals surface area contributed by atoms with Crippen LogP contribution in [0.25, 0.3) is 0 Å². The second-order valence-corrected chi connectivity index (χ2v) is 9.04. The van der Waals surface area contributed by atoms with Gasteiger partial charge in [-0.2, -0.15) is 0 Å². The topological polar surface area (TPSA) is 76.7 Å². The molecule has 4 rings (SSSR count). The largest absolute Gasteiger partial charge is 0.369 e. The summed E-state index contributed by atoms with van der Waals surface area (Å²) in [7, 11) is 0. The zero-order chi connectivity index (χ0) is 23.9. The first kappa shape index (κ1) is 23.8. The van der Waals surface area contributed by atoms with E-state index in [9.17, 15) is 18.4 Å². The van der Waals surface area contributed by atoms with Crippen molar-refractivity contribution in [2.75, 3.05) is 49.5 Å². The number of anilines is 2. The third-order valence-corrected chi connectivity index (χ3v) is 6.46. The van der Waals surface area contributed by atoms with Crippen LogP contribution in [0.15, 0.2) is 48.5 Å². The first-order chi connectivity index (χ1) is 16.5. The van der Waals surface area contributed by atoms with Crippen LogP contribution in [0.5, 0.6) is 0 Å². The molecule has 0 saturated carbocycles. The van der Waals surface area contributed by atoms with Crippen LogP contribution in [-0.4, -0.2) is 56.2 Å². The van der Waals surface area contributed by atoms with E-state index in [0.29, 0.717) is 44.1 Å². The smallest absolute Gasteiger partial charge is 0.319 e. The van der Waals surface area contributed by atoms with E-state index in [0.717, 1.165) is 25.8 Å². The molecule has 2 atom stereocenters. The number of amides is 4. The molecule has 0 aliphatic carbocycles. The molecule has 2 aliphatic rings. The highest BCUT2D eigenvalue weighted by Crippen LogP contribution is 2.26. The van der Waals surface area contributed by atoms with E-state index < -0.39 is 11.8 Å². The highest BCUT2D eigenvalue weighted by atomic mass is 19.1. The van der Waals surface area contributed by atoms with E-state index in [1.165, 1.54) is 24.3 Å². The number of carbonyl (C=O) groups excluding carboxylic acids is 2. The molecule has 9 heteroatoms. The third kappa shape index (κ3) is 6.36. The zero-order valence-electron chi connectivity index (χ0n) is 19.1. The van der Waals surface area contributed by atoms with E-state index in [1.54, 1.807) is 23.1 Å². The third-order valence-electron chi connectivity index (χ3n) is 6.46. The molecule has 2 fully saturated rings. The average molecular weight is 472 g/mol. The van der Waals surface area contributed by atoms with Crippen LogP contribution in [-0.2, 0) is 0 Å². The second kappa shape index (κ2) is 11.2. The number of nitrogens with one attached hydrogen (secondary N) is 3. The molecule has 34 heavy (non-hydrogen) atoms. The van der Waals surface area contributed by atoms with E-state index in [1.807, 2.05) is 11.0 Å². The Morgan fingerprint density at radius 2 is 1.71 bits per heavy atom. The predicted octanol–water partition coefficient (Wildman–Crippen LogP) is 4.03. The number of nitrogens with zero attached hydrogens (tertiary/aromatic N) is 2. The molecule has 2 aromatic rings. The summed E-state index contributed by atoms with van der Waals surface area (Å²) in [4.78, 5) is 28.7. The Hall–Kier alpha value is -3.36. The molecule has 0 spiro atoms. The normalized spacial score (nSPS) is 20.2. The maximum Gasteiger partial charge on any atom is 0.319 e. The Labute approximate surface area is 198 Å². The Balaban J connectivity index is 1.18. The van der Waals surface area contributed by atoms with Gasteiger partial charge >= 0.3 is 12.1 Å². The maximum atomic E-state index is 14.0. The summed E-state index contributed by atoms with van der Waals surface area (Å²) in [6.45, 7) is 3.73. The molecule has 2 saturated heterocycles. The summed E-state index contributed by atoms with van der Waals surface area (Å²) < 4.78 is 27.3. The Kier molecular flexibility index (Phi) is 7.82. The average Bonchev–Trinajstić information content (AvgIpc) is 3.30. The van der Waals surface area contributed by atoms with Crippen LogP contribution < -0.4 is 20.9 Å². The molecular weight excluding hydrogens is 440 g/mol. The van der Waals surface area contributed by atoms with Crippen molar-refractivity contribution in [3.63, 3.8) is 0 Å². The van der Waals surface area contributed by atoms with Gasteiger partial charge in [-0.1, -0.05) is 18.2 Å². The quantitative estimate of drug-likeness (QED) is 0.595. The molecule has 7 nitrogen and oxygen atoms in total. The van der Waals surface area contributed by atoms with Gasteiger partial charge in [0, 0.05) is 45.0 Å². The van der Waals surface area contributed by atoms with E-state index in [4.69, 9.17) is 0 Å². The van der Waals surface area contributed by atoms with Crippen molar-refractivity contribution in [2.45, 2.75) is 19.3 Å². The summed E-state index contributed by atoms with van der Waals surface area (Å²) in [6.07, 6.45) is 2.70. The molecule has 2 aromatic carbocycles. The van der Waals surface area contributed by atoms with Gasteiger partial charge in [0.05, 0.1) is 5.69 Å². The Bertz CT molecular complexity index is 1000. The number of piperidine rings is 1. The van der Waals surface area contributed by atoms with E-state index in [-0.39, 0.29) is 23.7 Å². The van der Waals surface area contributed by atoms with Crippen LogP contribution in [0.2, 0.25) is 0 Å². The molecular formula is C25H31F2N5O2. The molecule has 4 amide bonds. The fourth-order valence-electron chi connectivity index (χ4n) is 4.66. The molecule has 2 unspecified atom stereocenters. The summed E-state index contributed by atoms with van der Waals surface area (Å²) in [6, 6.07) is 12.0. The lowest BCUT2D eigenvalue weighted by atomic mass is 9.98. The minimum atomic E-state index is -0.413. The van der Waals surface area contributed by atoms with Crippen molar-refractivity contribution in [1.29, 1.82) is 0 Å². The summed E-state index contributed by atoms with van der Waals surface area (Å²) in [5.41, 5.74) is 1.01. The van der Waals surface area contributed by atoms with Crippen molar-refractivity contribution in [1.82, 2.24) is 15.5 Å². The highest BCUT2D eigenvalue weighted by molar-refractivity contribution is 5.89. The Morgan fingerprint density at radius 3 is 2.53 bits per heavy atom. The van der Waals surface area contributed by atoms with Gasteiger partial charge in [0.2, 0.25) is 0 Å². The molecule has 0 bridgehead atoms. The van der Waals surface area contributed by atoms with Crippen molar-refractivity contribution >= 4 is 23.4 Å². The Morgan fingerprint density at radius 1 is 0.912 bits per heavy atom. The van der Waals surface area contributed by atoms with E-state index >= 15 is 0 Å². The molecule has 0 aromatic heterocycles. The number of benzene rings is 2. The molecule has 2 heterocycles. The fraction of sp³-hybridized carbons (Fsp3) is 0.440. The van der Waals surface area contributed by atoms with E-state index in [2.05, 4.69) is 16.0 Å². The van der Waals surface area contributed by atoms with Crippen LogP contribution in [0.3, 0.4) is 0 Å². The number of para-hydroxylation sites is 1. The number of hydrogen-bond donors (Lipinski definition) is 3. The highest BCUT2D eigenvalue weighted by Gasteiger charge is 2.27. The van der Waals surface area contributed by atoms with Crippen LogP contribution in [0.4, 0.5) is 29.7 Å². The van der Waals surface area contributed by atoms with Gasteiger partial charge in [0.25, 0.3) is 0 Å². The summed E-state index contributed by atoms with van der Waals surface area (Å²) >= 11 is 0. The standard InChI is InChI=1S/C25H31F2N5O2/c26-20-6-3-7-21(13-20)30-24(33)28-14-18-5-4-11-32(17-18)25(34)29-15-19-10-12-31(16-19)23-9-2-1-8-22(23)27/h1-3,6-9,13,18-19H,4-5,10-12,14-17H2,(H,29,34)(H2,28,30,33). The molecule has 2 aliphatic heterocycles. The monoisotopic (exact) mass is 471 g/mol. The minimum Gasteiger partial charge on any atom is -0.369 e. The molecule has 0 radical (unpaired) electrons. The van der Waals surface area contributed by atoms with Gasteiger partial charge in [-0.25, -0.2) is 18.4 Å². The molecule has 3 N–H and O–H groups in total. The van der Waals surface area contributed by atoms with Crippen molar-refractivity contribution in [2.24, 2.45) is 11.8 Å². The summed E-state index contributed by atoms with van der Waals surface area (Å²) in [5.74, 6) is -0.202. The van der Waals surface area contributed by atoms with Gasteiger partial charge in [-0.05, 0) is 61.4 Å². The van der Waals surface area contributed by atoms with Crippen molar-refractivity contribution in [3.8, 4) is 0 Å². The zero-order valence-corrected chi connectivity index (χ0v) is 19.1. The van der Waals surface area contributed by atoms with Gasteiger partial charge < -0.3 is 25.8 Å². The lowest BCUT2D eigenvalue weighted by Crippen LogP contribution is -2.48. The van der Waals surface area contributed by atoms with Crippen molar-refractivity contribution < 1.29 is 18.4 Å². The van der Waals surface area contributed by atoms with Gasteiger partial charge in [-0.15, -0.1) is 0 Å². The van der Waals surface area contributed by atoms with Gasteiger partial charge in [0.1, 0.15) is 11.6 Å². The number of urea groups is 2. The number of hydrogen-bond acceptors (Lipinski definition) is 3. The molecule has 182 valence electrons. The van der Waals surface area contributed by atoms with Crippen LogP contribution >= 0.6 is 0 Å². The first-order valence-electron chi connectivity index (χ1n) is 11.8. The van der Waals surface area contributed by atoms with Gasteiger partial charge in [-0.3, -0.25) is 0 Å². The summed E-state index contributed by atoms with van der Waals surface area (Å²) in [5, 5.41) is 8.47. The van der Waals surface area contributed by atoms with Crippen LogP contribution in [0.1, 0.15) is 19.3 Å².